The summed E-state index contributed by atoms with van der Waals surface area (Å²) >= 11 is 0. The first kappa shape index (κ1) is 32.4. The maximum absolute atomic E-state index is 12.5. The van der Waals surface area contributed by atoms with Gasteiger partial charge in [0.2, 0.25) is 0 Å². The van der Waals surface area contributed by atoms with Gasteiger partial charge in [0.25, 0.3) is 15.9 Å². The topological polar surface area (TPSA) is 102 Å². The predicted octanol–water partition coefficient (Wildman–Crippen LogP) is 7.13. The quantitative estimate of drug-likeness (QED) is 0.0993. The van der Waals surface area contributed by atoms with Gasteiger partial charge in [-0.15, -0.1) is 0 Å². The number of benzene rings is 1. The van der Waals surface area contributed by atoms with Gasteiger partial charge in [0.05, 0.1) is 18.4 Å². The molecule has 208 valence electrons. The number of anilines is 1. The zero-order valence-electron chi connectivity index (χ0n) is 22.7. The van der Waals surface area contributed by atoms with Crippen molar-refractivity contribution in [2.45, 2.75) is 96.8 Å². The number of methoxy groups -OCH3 is 1. The molecule has 7 nitrogen and oxygen atoms in total. The number of allylic oxidation sites excluding steroid dienone is 2. The van der Waals surface area contributed by atoms with Gasteiger partial charge in [-0.25, -0.2) is 13.2 Å². The van der Waals surface area contributed by atoms with E-state index in [1.165, 1.54) is 89.5 Å². The van der Waals surface area contributed by atoms with Gasteiger partial charge in [-0.05, 0) is 50.3 Å². The van der Waals surface area contributed by atoms with E-state index in [1.54, 1.807) is 0 Å². The van der Waals surface area contributed by atoms with E-state index in [2.05, 4.69) is 40.4 Å². The number of esters is 1. The molecular formula is C29H46N2O5S. The summed E-state index contributed by atoms with van der Waals surface area (Å²) < 4.78 is 30.7. The molecule has 0 bridgehead atoms. The van der Waals surface area contributed by atoms with Crippen LogP contribution in [0.3, 0.4) is 0 Å². The second-order valence-electron chi connectivity index (χ2n) is 9.26. The van der Waals surface area contributed by atoms with E-state index < -0.39 is 16.0 Å². The van der Waals surface area contributed by atoms with Crippen LogP contribution in [-0.2, 0) is 14.8 Å². The maximum Gasteiger partial charge on any atom is 0.339 e. The SMILES string of the molecule is C=CS(=O)(=O)Nc1cc(C(=O)NCCCCCCCC/C=C\CCCCCCCC)ccc1C(=O)OC. The molecule has 0 atom stereocenters. The van der Waals surface area contributed by atoms with Crippen molar-refractivity contribution in [3.05, 3.63) is 53.5 Å². The second kappa shape index (κ2) is 19.5. The first-order valence-electron chi connectivity index (χ1n) is 13.7. The molecule has 0 radical (unpaired) electrons. The minimum atomic E-state index is -3.85. The third-order valence-corrected chi connectivity index (χ3v) is 7.08. The first-order valence-corrected chi connectivity index (χ1v) is 15.2. The summed E-state index contributed by atoms with van der Waals surface area (Å²) in [7, 11) is -2.66. The molecule has 37 heavy (non-hydrogen) atoms. The normalized spacial score (nSPS) is 11.4. The summed E-state index contributed by atoms with van der Waals surface area (Å²) in [6.45, 7) is 6.02. The highest BCUT2D eigenvalue weighted by atomic mass is 32.2. The fraction of sp³-hybridized carbons (Fsp3) is 0.586. The number of unbranched alkanes of at least 4 members (excludes halogenated alkanes) is 12. The largest absolute Gasteiger partial charge is 0.465 e. The summed E-state index contributed by atoms with van der Waals surface area (Å²) in [5.74, 6) is -1.04. The number of ether oxygens (including phenoxy) is 1. The zero-order valence-corrected chi connectivity index (χ0v) is 23.5. The van der Waals surface area contributed by atoms with Crippen LogP contribution in [0, 0.1) is 0 Å². The van der Waals surface area contributed by atoms with Crippen LogP contribution in [0.5, 0.6) is 0 Å². The number of sulfonamides is 1. The summed E-state index contributed by atoms with van der Waals surface area (Å²) in [5.41, 5.74) is 0.230. The predicted molar refractivity (Wildman–Crippen MR) is 152 cm³/mol. The van der Waals surface area contributed by atoms with Crippen LogP contribution in [0.25, 0.3) is 0 Å². The number of hydrogen-bond donors (Lipinski definition) is 2. The van der Waals surface area contributed by atoms with E-state index >= 15 is 0 Å². The molecule has 0 aliphatic heterocycles. The molecule has 0 aromatic heterocycles. The molecule has 0 aliphatic carbocycles. The smallest absolute Gasteiger partial charge is 0.339 e. The molecule has 8 heteroatoms. The van der Waals surface area contributed by atoms with Crippen LogP contribution in [-0.4, -0.2) is 33.9 Å². The van der Waals surface area contributed by atoms with Crippen LogP contribution in [0.15, 0.2) is 42.3 Å². The minimum Gasteiger partial charge on any atom is -0.465 e. The fourth-order valence-corrected chi connectivity index (χ4v) is 4.49. The van der Waals surface area contributed by atoms with Crippen LogP contribution >= 0.6 is 0 Å². The van der Waals surface area contributed by atoms with Crippen molar-refractivity contribution in [3.63, 3.8) is 0 Å². The van der Waals surface area contributed by atoms with Crippen molar-refractivity contribution >= 4 is 27.6 Å². The molecule has 0 unspecified atom stereocenters. The lowest BCUT2D eigenvalue weighted by Gasteiger charge is -2.12. The molecule has 1 aromatic carbocycles. The average molecular weight is 535 g/mol. The fourth-order valence-electron chi connectivity index (χ4n) is 3.93. The van der Waals surface area contributed by atoms with E-state index in [0.29, 0.717) is 6.54 Å². The van der Waals surface area contributed by atoms with Crippen molar-refractivity contribution in [1.82, 2.24) is 5.32 Å². The van der Waals surface area contributed by atoms with Gasteiger partial charge in [-0.3, -0.25) is 9.52 Å². The number of carbonyl (C=O) groups is 2. The highest BCUT2D eigenvalue weighted by Crippen LogP contribution is 2.21. The van der Waals surface area contributed by atoms with Crippen LogP contribution in [0.4, 0.5) is 5.69 Å². The van der Waals surface area contributed by atoms with Gasteiger partial charge < -0.3 is 10.1 Å². The average Bonchev–Trinajstić information content (AvgIpc) is 2.89. The van der Waals surface area contributed by atoms with E-state index in [4.69, 9.17) is 0 Å². The lowest BCUT2D eigenvalue weighted by molar-refractivity contribution is 0.0601. The number of hydrogen-bond acceptors (Lipinski definition) is 5. The van der Waals surface area contributed by atoms with Crippen molar-refractivity contribution in [3.8, 4) is 0 Å². The molecule has 0 spiro atoms. The minimum absolute atomic E-state index is 0.0118. The van der Waals surface area contributed by atoms with E-state index in [9.17, 15) is 18.0 Å². The molecule has 0 heterocycles. The monoisotopic (exact) mass is 534 g/mol. The standard InChI is InChI=1S/C29H46N2O5S/c1-4-6-7-8-9-10-11-12-13-14-15-16-17-18-19-20-23-30-28(32)25-21-22-26(29(33)36-3)27(24-25)31-37(34,35)5-2/h5,12-13,21-22,24,31H,2,4,6-11,14-20,23H2,1,3H3,(H,30,32)/b13-12-. The molecule has 1 amide bonds. The third-order valence-electron chi connectivity index (χ3n) is 6.13. The molecule has 0 saturated carbocycles. The van der Waals surface area contributed by atoms with Crippen molar-refractivity contribution < 1.29 is 22.7 Å². The van der Waals surface area contributed by atoms with Gasteiger partial charge in [0.15, 0.2) is 0 Å². The van der Waals surface area contributed by atoms with Crippen LogP contribution in [0.2, 0.25) is 0 Å². The van der Waals surface area contributed by atoms with Crippen LogP contribution < -0.4 is 10.0 Å². The number of amides is 1. The number of rotatable bonds is 21. The van der Waals surface area contributed by atoms with Crippen molar-refractivity contribution in [1.29, 1.82) is 0 Å². The Kier molecular flexibility index (Phi) is 17.1. The molecule has 0 fully saturated rings. The second-order valence-corrected chi connectivity index (χ2v) is 10.9. The lowest BCUT2D eigenvalue weighted by Crippen LogP contribution is -2.25. The van der Waals surface area contributed by atoms with E-state index in [0.717, 1.165) is 31.1 Å². The molecule has 0 aliphatic rings. The molecule has 1 aromatic rings. The summed E-state index contributed by atoms with van der Waals surface area (Å²) in [4.78, 5) is 24.5. The van der Waals surface area contributed by atoms with Gasteiger partial charge in [-0.1, -0.05) is 83.4 Å². The Morgan fingerprint density at radius 1 is 0.892 bits per heavy atom. The Bertz CT molecular complexity index is 957. The summed E-state index contributed by atoms with van der Waals surface area (Å²) in [5, 5.41) is 3.58. The molecule has 1 rings (SSSR count). The van der Waals surface area contributed by atoms with Gasteiger partial charge in [0, 0.05) is 17.5 Å². The van der Waals surface area contributed by atoms with E-state index in [-0.39, 0.29) is 22.7 Å². The van der Waals surface area contributed by atoms with E-state index in [1.807, 2.05) is 0 Å². The Morgan fingerprint density at radius 3 is 2.03 bits per heavy atom. The van der Waals surface area contributed by atoms with Gasteiger partial charge >= 0.3 is 5.97 Å². The number of carbonyl (C=O) groups excluding carboxylic acids is 2. The number of nitrogens with one attached hydrogen (secondary N) is 2. The summed E-state index contributed by atoms with van der Waals surface area (Å²) in [6.07, 6.45) is 21.8. The highest BCUT2D eigenvalue weighted by Gasteiger charge is 2.18. The summed E-state index contributed by atoms with van der Waals surface area (Å²) in [6, 6.07) is 4.16. The Balaban J connectivity index is 2.24. The van der Waals surface area contributed by atoms with Crippen molar-refractivity contribution in [2.24, 2.45) is 0 Å². The maximum atomic E-state index is 12.5. The van der Waals surface area contributed by atoms with Gasteiger partial charge in [-0.2, -0.15) is 0 Å². The zero-order chi connectivity index (χ0) is 27.4. The van der Waals surface area contributed by atoms with Gasteiger partial charge in [0.1, 0.15) is 0 Å². The molecule has 0 saturated heterocycles. The molecular weight excluding hydrogens is 488 g/mol. The van der Waals surface area contributed by atoms with Crippen molar-refractivity contribution in [2.75, 3.05) is 18.4 Å². The Labute approximate surface area is 224 Å². The Hall–Kier alpha value is -2.61. The lowest BCUT2D eigenvalue weighted by atomic mass is 10.1. The third kappa shape index (κ3) is 14.6. The highest BCUT2D eigenvalue weighted by molar-refractivity contribution is 7.95. The Morgan fingerprint density at radius 2 is 1.46 bits per heavy atom. The first-order chi connectivity index (χ1) is 17.8. The van der Waals surface area contributed by atoms with Crippen LogP contribution in [0.1, 0.15) is 118 Å². The molecule has 2 N–H and O–H groups in total.